The van der Waals surface area contributed by atoms with E-state index in [4.69, 9.17) is 0 Å². The number of hydrogen-bond donors (Lipinski definition) is 0. The molecule has 0 aliphatic rings. The maximum Gasteiger partial charge on any atom is 0.253 e. The molecule has 1 heterocycles. The van der Waals surface area contributed by atoms with Crippen molar-refractivity contribution >= 4 is 37.3 Å². The van der Waals surface area contributed by atoms with E-state index in [2.05, 4.69) is 15.9 Å². The van der Waals surface area contributed by atoms with Gasteiger partial charge in [0.2, 0.25) is 0 Å². The van der Waals surface area contributed by atoms with Crippen molar-refractivity contribution in [2.45, 2.75) is 17.2 Å². The minimum atomic E-state index is -3.71. The number of nitrogens with zero attached hydrogens (tertiary/aromatic N) is 1. The standard InChI is InChI=1S/C13H12BrF2NO2S2/c1-8(9-3-4-11(15)12(16)7-9)17(2)21(18,19)13-10(14)5-6-20-13/h3-8H,1-2H3. The van der Waals surface area contributed by atoms with Gasteiger partial charge < -0.3 is 0 Å². The fraction of sp³-hybridized carbons (Fsp3) is 0.231. The van der Waals surface area contributed by atoms with Gasteiger partial charge in [-0.25, -0.2) is 17.2 Å². The Morgan fingerprint density at radius 3 is 2.43 bits per heavy atom. The van der Waals surface area contributed by atoms with E-state index in [9.17, 15) is 17.2 Å². The van der Waals surface area contributed by atoms with Crippen molar-refractivity contribution < 1.29 is 17.2 Å². The lowest BCUT2D eigenvalue weighted by atomic mass is 10.1. The summed E-state index contributed by atoms with van der Waals surface area (Å²) < 4.78 is 53.1. The van der Waals surface area contributed by atoms with Crippen molar-refractivity contribution in [3.05, 3.63) is 51.3 Å². The summed E-state index contributed by atoms with van der Waals surface area (Å²) in [5.74, 6) is -1.96. The fourth-order valence-electron chi connectivity index (χ4n) is 1.79. The van der Waals surface area contributed by atoms with Gasteiger partial charge in [-0.2, -0.15) is 4.31 Å². The minimum Gasteiger partial charge on any atom is -0.206 e. The molecule has 0 amide bonds. The average molecular weight is 396 g/mol. The first-order valence-corrected chi connectivity index (χ1v) is 9.02. The average Bonchev–Trinajstić information content (AvgIpc) is 2.87. The van der Waals surface area contributed by atoms with Crippen molar-refractivity contribution in [1.82, 2.24) is 4.31 Å². The van der Waals surface area contributed by atoms with Crippen LogP contribution in [0, 0.1) is 11.6 Å². The van der Waals surface area contributed by atoms with Gasteiger partial charge in [0.25, 0.3) is 10.0 Å². The lowest BCUT2D eigenvalue weighted by molar-refractivity contribution is 0.396. The fourth-order valence-corrected chi connectivity index (χ4v) is 5.61. The molecule has 114 valence electrons. The molecule has 0 N–H and O–H groups in total. The molecule has 2 rings (SSSR count). The Morgan fingerprint density at radius 2 is 1.90 bits per heavy atom. The number of thiophene rings is 1. The molecule has 0 aliphatic heterocycles. The van der Waals surface area contributed by atoms with Crippen LogP contribution in [0.25, 0.3) is 0 Å². The Morgan fingerprint density at radius 1 is 1.24 bits per heavy atom. The van der Waals surface area contributed by atoms with Crippen molar-refractivity contribution in [2.75, 3.05) is 7.05 Å². The number of rotatable bonds is 4. The van der Waals surface area contributed by atoms with Crippen LogP contribution >= 0.6 is 27.3 Å². The first-order valence-electron chi connectivity index (χ1n) is 5.91. The minimum absolute atomic E-state index is 0.180. The van der Waals surface area contributed by atoms with Crippen LogP contribution in [-0.4, -0.2) is 19.8 Å². The molecule has 0 spiro atoms. The summed E-state index contributed by atoms with van der Waals surface area (Å²) in [6.45, 7) is 1.62. The Hall–Kier alpha value is -0.830. The third-order valence-electron chi connectivity index (χ3n) is 3.17. The summed E-state index contributed by atoms with van der Waals surface area (Å²) >= 11 is 4.28. The van der Waals surface area contributed by atoms with Gasteiger partial charge >= 0.3 is 0 Å². The highest BCUT2D eigenvalue weighted by atomic mass is 79.9. The number of halogens is 3. The van der Waals surface area contributed by atoms with Crippen molar-refractivity contribution in [1.29, 1.82) is 0 Å². The molecule has 1 aromatic carbocycles. The number of hydrogen-bond acceptors (Lipinski definition) is 3. The lowest BCUT2D eigenvalue weighted by Crippen LogP contribution is -2.29. The van der Waals surface area contributed by atoms with Crippen LogP contribution in [0.2, 0.25) is 0 Å². The zero-order valence-corrected chi connectivity index (χ0v) is 14.4. The highest BCUT2D eigenvalue weighted by molar-refractivity contribution is 9.10. The monoisotopic (exact) mass is 395 g/mol. The van der Waals surface area contributed by atoms with Gasteiger partial charge in [-0.15, -0.1) is 11.3 Å². The van der Waals surface area contributed by atoms with E-state index in [1.54, 1.807) is 18.4 Å². The SMILES string of the molecule is CC(c1ccc(F)c(F)c1)N(C)S(=O)(=O)c1sccc1Br. The summed E-state index contributed by atoms with van der Waals surface area (Å²) in [6, 6.07) is 4.39. The molecule has 0 radical (unpaired) electrons. The second-order valence-corrected chi connectivity index (χ2v) is 8.39. The van der Waals surface area contributed by atoms with Gasteiger partial charge in [0, 0.05) is 17.6 Å². The highest BCUT2D eigenvalue weighted by Gasteiger charge is 2.29. The van der Waals surface area contributed by atoms with Crippen molar-refractivity contribution in [2.24, 2.45) is 0 Å². The molecule has 3 nitrogen and oxygen atoms in total. The molecule has 1 atom stereocenters. The molecule has 2 aromatic rings. The first kappa shape index (κ1) is 16.5. The van der Waals surface area contributed by atoms with Crippen LogP contribution < -0.4 is 0 Å². The van der Waals surface area contributed by atoms with E-state index in [1.807, 2.05) is 0 Å². The molecule has 0 saturated carbocycles. The molecule has 0 aliphatic carbocycles. The second kappa shape index (κ2) is 6.12. The summed E-state index contributed by atoms with van der Waals surface area (Å²) in [6.07, 6.45) is 0. The molecule has 8 heteroatoms. The first-order chi connectivity index (χ1) is 9.75. The molecule has 1 aromatic heterocycles. The quantitative estimate of drug-likeness (QED) is 0.778. The van der Waals surface area contributed by atoms with Crippen molar-refractivity contribution in [3.8, 4) is 0 Å². The molecular weight excluding hydrogens is 384 g/mol. The Labute approximate surface area is 134 Å². The molecule has 0 saturated heterocycles. The van der Waals surface area contributed by atoms with Crippen LogP contribution in [0.3, 0.4) is 0 Å². The van der Waals surface area contributed by atoms with E-state index >= 15 is 0 Å². The van der Waals surface area contributed by atoms with Crippen LogP contribution in [0.4, 0.5) is 8.78 Å². The molecular formula is C13H12BrF2NO2S2. The normalized spacial score (nSPS) is 13.6. The van der Waals surface area contributed by atoms with Crippen LogP contribution in [0.15, 0.2) is 38.3 Å². The molecule has 0 fully saturated rings. The van der Waals surface area contributed by atoms with Crippen LogP contribution in [0.1, 0.15) is 18.5 Å². The van der Waals surface area contributed by atoms with Gasteiger partial charge in [-0.3, -0.25) is 0 Å². The van der Waals surface area contributed by atoms with E-state index in [1.165, 1.54) is 13.1 Å². The molecule has 1 unspecified atom stereocenters. The van der Waals surface area contributed by atoms with Gasteiger partial charge in [-0.05, 0) is 52.0 Å². The van der Waals surface area contributed by atoms with Gasteiger partial charge in [0.15, 0.2) is 11.6 Å². The molecule has 0 bridgehead atoms. The number of sulfonamides is 1. The predicted molar refractivity (Wildman–Crippen MR) is 81.7 cm³/mol. The van der Waals surface area contributed by atoms with Gasteiger partial charge in [-0.1, -0.05) is 6.07 Å². The second-order valence-electron chi connectivity index (χ2n) is 4.43. The van der Waals surface area contributed by atoms with E-state index in [0.29, 0.717) is 10.0 Å². The third-order valence-corrected chi connectivity index (χ3v) is 7.74. The van der Waals surface area contributed by atoms with E-state index in [0.717, 1.165) is 27.8 Å². The van der Waals surface area contributed by atoms with Gasteiger partial charge in [0.05, 0.1) is 0 Å². The Bertz CT molecular complexity index is 761. The largest absolute Gasteiger partial charge is 0.253 e. The summed E-state index contributed by atoms with van der Waals surface area (Å²) in [5, 5.41) is 1.66. The summed E-state index contributed by atoms with van der Waals surface area (Å²) in [7, 11) is -2.30. The lowest BCUT2D eigenvalue weighted by Gasteiger charge is -2.24. The third kappa shape index (κ3) is 3.18. The Kier molecular flexibility index (Phi) is 4.82. The highest BCUT2D eigenvalue weighted by Crippen LogP contribution is 2.33. The van der Waals surface area contributed by atoms with E-state index < -0.39 is 27.7 Å². The van der Waals surface area contributed by atoms with E-state index in [-0.39, 0.29) is 4.21 Å². The number of benzene rings is 1. The van der Waals surface area contributed by atoms with Crippen molar-refractivity contribution in [3.63, 3.8) is 0 Å². The van der Waals surface area contributed by atoms with Crippen LogP contribution in [0.5, 0.6) is 0 Å². The predicted octanol–water partition coefficient (Wildman–Crippen LogP) is 4.17. The molecule has 21 heavy (non-hydrogen) atoms. The maximum absolute atomic E-state index is 13.3. The summed E-state index contributed by atoms with van der Waals surface area (Å²) in [5.41, 5.74) is 0.382. The summed E-state index contributed by atoms with van der Waals surface area (Å²) in [4.78, 5) is 0. The topological polar surface area (TPSA) is 37.4 Å². The van der Waals surface area contributed by atoms with Crippen LogP contribution in [-0.2, 0) is 10.0 Å². The smallest absolute Gasteiger partial charge is 0.206 e. The Balaban J connectivity index is 2.37. The van der Waals surface area contributed by atoms with Gasteiger partial charge in [0.1, 0.15) is 4.21 Å². The maximum atomic E-state index is 13.3. The zero-order chi connectivity index (χ0) is 15.8. The zero-order valence-electron chi connectivity index (χ0n) is 11.2.